The molecule has 2 aliphatic rings. The van der Waals surface area contributed by atoms with E-state index >= 15 is 0 Å². The Kier molecular flexibility index (Phi) is 6.38. The van der Waals surface area contributed by atoms with Crippen molar-refractivity contribution < 1.29 is 28.6 Å². The van der Waals surface area contributed by atoms with Crippen LogP contribution in [0.5, 0.6) is 11.5 Å². The summed E-state index contributed by atoms with van der Waals surface area (Å²) in [6.45, 7) is 2.56. The van der Waals surface area contributed by atoms with E-state index in [9.17, 15) is 14.7 Å². The van der Waals surface area contributed by atoms with E-state index in [1.807, 2.05) is 30.3 Å². The Hall–Kier alpha value is -4.09. The molecule has 0 saturated carbocycles. The Morgan fingerprint density at radius 3 is 2.61 bits per heavy atom. The van der Waals surface area contributed by atoms with Crippen molar-refractivity contribution in [3.63, 3.8) is 0 Å². The molecule has 1 amide bonds. The third-order valence-electron chi connectivity index (χ3n) is 6.10. The first-order valence-electron chi connectivity index (χ1n) is 11.8. The normalized spacial score (nSPS) is 18.2. The van der Waals surface area contributed by atoms with Gasteiger partial charge >= 0.3 is 5.91 Å². The van der Waals surface area contributed by atoms with Crippen LogP contribution in [0.1, 0.15) is 28.7 Å². The van der Waals surface area contributed by atoms with Gasteiger partial charge in [0.05, 0.1) is 5.57 Å². The summed E-state index contributed by atoms with van der Waals surface area (Å²) in [4.78, 5) is 27.9. The van der Waals surface area contributed by atoms with Crippen molar-refractivity contribution in [2.24, 2.45) is 0 Å². The summed E-state index contributed by atoms with van der Waals surface area (Å²) in [7, 11) is 0. The number of aromatic nitrogens is 2. The molecule has 2 aromatic carbocycles. The van der Waals surface area contributed by atoms with Crippen molar-refractivity contribution in [1.82, 2.24) is 10.2 Å². The van der Waals surface area contributed by atoms with E-state index < -0.39 is 17.7 Å². The van der Waals surface area contributed by atoms with Gasteiger partial charge in [-0.15, -0.1) is 10.2 Å². The second-order valence-electron chi connectivity index (χ2n) is 8.60. The molecule has 2 aromatic heterocycles. The van der Waals surface area contributed by atoms with Gasteiger partial charge < -0.3 is 19.0 Å². The van der Waals surface area contributed by atoms with Crippen LogP contribution in [-0.2, 0) is 15.3 Å². The van der Waals surface area contributed by atoms with E-state index in [-0.39, 0.29) is 16.5 Å². The number of aryl methyl sites for hydroxylation is 1. The number of furan rings is 1. The summed E-state index contributed by atoms with van der Waals surface area (Å²) in [5.74, 6) is 0.592. The summed E-state index contributed by atoms with van der Waals surface area (Å²) in [6.07, 6.45) is 0. The van der Waals surface area contributed by atoms with Crippen LogP contribution in [0.3, 0.4) is 0 Å². The number of nitrogens with zero attached hydrogens (tertiary/aromatic N) is 3. The molecule has 0 bridgehead atoms. The number of aliphatic hydroxyl groups is 1. The molecule has 1 N–H and O–H groups in total. The fourth-order valence-corrected chi connectivity index (χ4v) is 6.15. The number of carbonyl (C=O) groups is 2. The maximum atomic E-state index is 13.3. The molecule has 4 heterocycles. The van der Waals surface area contributed by atoms with Crippen molar-refractivity contribution in [3.05, 3.63) is 88.9 Å². The van der Waals surface area contributed by atoms with Crippen molar-refractivity contribution in [2.45, 2.75) is 23.1 Å². The van der Waals surface area contributed by atoms with Gasteiger partial charge in [-0.05, 0) is 42.8 Å². The van der Waals surface area contributed by atoms with Crippen molar-refractivity contribution in [1.29, 1.82) is 0 Å². The maximum absolute atomic E-state index is 13.3. The first-order chi connectivity index (χ1) is 18.5. The zero-order valence-corrected chi connectivity index (χ0v) is 21.8. The number of benzene rings is 2. The fourth-order valence-electron chi connectivity index (χ4n) is 4.32. The topological polar surface area (TPSA) is 115 Å². The predicted octanol–water partition coefficient (Wildman–Crippen LogP) is 5.13. The Morgan fingerprint density at radius 2 is 1.84 bits per heavy atom. The van der Waals surface area contributed by atoms with E-state index in [0.717, 1.165) is 5.56 Å². The fraction of sp³-hybridized carbons (Fsp3) is 0.185. The van der Waals surface area contributed by atoms with Gasteiger partial charge in [0.1, 0.15) is 36.5 Å². The molecule has 192 valence electrons. The molecule has 0 aliphatic carbocycles. The van der Waals surface area contributed by atoms with Crippen LogP contribution >= 0.6 is 23.1 Å². The molecule has 1 fully saturated rings. The Bertz CT molecular complexity index is 1560. The minimum atomic E-state index is -1.02. The third kappa shape index (κ3) is 4.44. The first-order valence-corrected chi connectivity index (χ1v) is 13.6. The molecule has 6 rings (SSSR count). The maximum Gasteiger partial charge on any atom is 0.302 e. The molecule has 11 heteroatoms. The van der Waals surface area contributed by atoms with Crippen molar-refractivity contribution in [3.8, 4) is 11.5 Å². The number of ketones is 1. The van der Waals surface area contributed by atoms with Crippen LogP contribution in [0.2, 0.25) is 0 Å². The number of carbonyl (C=O) groups excluding carboxylic acids is 2. The standard InChI is InChI=1S/C27H21N3O6S2/c1-15-7-9-19(36-15)22-21(23(31)17-8-10-18-20(13-17)35-12-11-34-18)24(32)25(33)30(22)26-28-29-27(38-26)37-14-16-5-3-2-4-6-16/h2-10,13,22,31H,11-12,14H2,1H3/b23-21+. The first kappa shape index (κ1) is 24.3. The van der Waals surface area contributed by atoms with Crippen LogP contribution in [0.25, 0.3) is 5.76 Å². The van der Waals surface area contributed by atoms with Crippen molar-refractivity contribution >= 4 is 45.7 Å². The molecule has 0 spiro atoms. The number of anilines is 1. The lowest BCUT2D eigenvalue weighted by Crippen LogP contribution is -2.29. The molecule has 4 aromatic rings. The average molecular weight is 548 g/mol. The average Bonchev–Trinajstić information content (AvgIpc) is 3.65. The largest absolute Gasteiger partial charge is 0.507 e. The van der Waals surface area contributed by atoms with Crippen LogP contribution in [-0.4, -0.2) is 40.2 Å². The summed E-state index contributed by atoms with van der Waals surface area (Å²) in [5, 5.41) is 20.0. The zero-order valence-electron chi connectivity index (χ0n) is 20.1. The highest BCUT2D eigenvalue weighted by Crippen LogP contribution is 2.45. The molecule has 38 heavy (non-hydrogen) atoms. The lowest BCUT2D eigenvalue weighted by atomic mass is 9.99. The number of aliphatic hydroxyl groups excluding tert-OH is 1. The predicted molar refractivity (Wildman–Crippen MR) is 142 cm³/mol. The van der Waals surface area contributed by atoms with Gasteiger partial charge in [0.2, 0.25) is 5.13 Å². The molecule has 1 atom stereocenters. The number of hydrogen-bond donors (Lipinski definition) is 1. The van der Waals surface area contributed by atoms with Gasteiger partial charge in [0.25, 0.3) is 5.78 Å². The molecule has 9 nitrogen and oxygen atoms in total. The van der Waals surface area contributed by atoms with Gasteiger partial charge in [0, 0.05) is 11.3 Å². The molecule has 0 radical (unpaired) electrons. The Labute approximate surface area is 225 Å². The summed E-state index contributed by atoms with van der Waals surface area (Å²) in [6, 6.07) is 17.2. The van der Waals surface area contributed by atoms with Crippen LogP contribution in [0.15, 0.2) is 75.0 Å². The van der Waals surface area contributed by atoms with Gasteiger partial charge in [0.15, 0.2) is 15.8 Å². The van der Waals surface area contributed by atoms with E-state index in [2.05, 4.69) is 10.2 Å². The summed E-state index contributed by atoms with van der Waals surface area (Å²) < 4.78 is 17.7. The lowest BCUT2D eigenvalue weighted by molar-refractivity contribution is -0.132. The highest BCUT2D eigenvalue weighted by molar-refractivity contribution is 8.00. The quantitative estimate of drug-likeness (QED) is 0.115. The van der Waals surface area contributed by atoms with E-state index in [1.165, 1.54) is 28.0 Å². The summed E-state index contributed by atoms with van der Waals surface area (Å²) >= 11 is 2.68. The van der Waals surface area contributed by atoms with Gasteiger partial charge in [-0.25, -0.2) is 0 Å². The highest BCUT2D eigenvalue weighted by atomic mass is 32.2. The minimum Gasteiger partial charge on any atom is -0.507 e. The number of ether oxygens (including phenoxy) is 2. The van der Waals surface area contributed by atoms with Crippen LogP contribution in [0.4, 0.5) is 5.13 Å². The SMILES string of the molecule is Cc1ccc(C2/C(=C(\O)c3ccc4c(c3)OCCO4)C(=O)C(=O)N2c2nnc(SCc3ccccc3)s2)o1. The number of hydrogen-bond acceptors (Lipinski definition) is 10. The Morgan fingerprint density at radius 1 is 1.05 bits per heavy atom. The van der Waals surface area contributed by atoms with E-state index in [4.69, 9.17) is 13.9 Å². The molecule has 2 aliphatic heterocycles. The number of Topliss-reactive ketones (excluding diaryl/α,β-unsaturated/α-hetero) is 1. The van der Waals surface area contributed by atoms with Gasteiger partial charge in [-0.1, -0.05) is 53.4 Å². The van der Waals surface area contributed by atoms with Crippen LogP contribution < -0.4 is 14.4 Å². The lowest BCUT2D eigenvalue weighted by Gasteiger charge is -2.21. The van der Waals surface area contributed by atoms with E-state index in [1.54, 1.807) is 37.3 Å². The monoisotopic (exact) mass is 547 g/mol. The highest BCUT2D eigenvalue weighted by Gasteiger charge is 2.50. The molecule has 1 saturated heterocycles. The molecular weight excluding hydrogens is 526 g/mol. The number of rotatable bonds is 6. The molecular formula is C27H21N3O6S2. The van der Waals surface area contributed by atoms with Gasteiger partial charge in [-0.3, -0.25) is 14.5 Å². The van der Waals surface area contributed by atoms with Crippen LogP contribution in [0, 0.1) is 6.92 Å². The zero-order chi connectivity index (χ0) is 26.2. The number of amides is 1. The second kappa shape index (κ2) is 9.99. The summed E-state index contributed by atoms with van der Waals surface area (Å²) in [5.41, 5.74) is 1.34. The molecule has 1 unspecified atom stereocenters. The van der Waals surface area contributed by atoms with Crippen molar-refractivity contribution in [2.75, 3.05) is 18.1 Å². The Balaban J connectivity index is 1.38. The minimum absolute atomic E-state index is 0.102. The second-order valence-corrected chi connectivity index (χ2v) is 10.8. The smallest absolute Gasteiger partial charge is 0.302 e. The van der Waals surface area contributed by atoms with Gasteiger partial charge in [-0.2, -0.15) is 0 Å². The van der Waals surface area contributed by atoms with E-state index in [0.29, 0.717) is 51.9 Å². The number of fused-ring (bicyclic) bond motifs is 1. The number of thioether (sulfide) groups is 1. The third-order valence-corrected chi connectivity index (χ3v) is 8.22.